The minimum absolute atomic E-state index is 0. The Bertz CT molecular complexity index is 556. The molecule has 0 aliphatic rings. The summed E-state index contributed by atoms with van der Waals surface area (Å²) >= 11 is 29.3. The zero-order valence-corrected chi connectivity index (χ0v) is 16.2. The summed E-state index contributed by atoms with van der Waals surface area (Å²) in [5, 5.41) is 2.06. The van der Waals surface area contributed by atoms with Crippen molar-refractivity contribution in [2.75, 3.05) is 13.1 Å². The van der Waals surface area contributed by atoms with Gasteiger partial charge in [0.05, 0.1) is 21.5 Å². The van der Waals surface area contributed by atoms with Crippen LogP contribution in [0.4, 0.5) is 0 Å². The number of halogens is 6. The molecule has 1 rings (SSSR count). The number of benzene rings is 1. The molecular weight excluding hydrogens is 465 g/mol. The number of ether oxygens (including phenoxy) is 1. The molecule has 0 radical (unpaired) electrons. The van der Waals surface area contributed by atoms with Crippen LogP contribution in [-0.2, 0) is 9.59 Å². The second kappa shape index (κ2) is 10.0. The first-order valence-corrected chi connectivity index (χ1v) is 7.46. The summed E-state index contributed by atoms with van der Waals surface area (Å²) in [6.45, 7) is 0.173. The number of nitrogens with one attached hydrogen (secondary N) is 1. The first kappa shape index (κ1) is 22.1. The van der Waals surface area contributed by atoms with E-state index in [1.807, 2.05) is 0 Å². The van der Waals surface area contributed by atoms with E-state index in [-0.39, 0.29) is 73.3 Å². The van der Waals surface area contributed by atoms with Crippen LogP contribution in [0.2, 0.25) is 25.1 Å². The zero-order valence-electron chi connectivity index (χ0n) is 10.8. The van der Waals surface area contributed by atoms with Crippen LogP contribution in [0.25, 0.3) is 0 Å². The predicted octanol–water partition coefficient (Wildman–Crippen LogP) is -0.389. The maximum Gasteiger partial charge on any atom is 0.313 e. The lowest BCUT2D eigenvalue weighted by molar-refractivity contribution is -0.355. The minimum Gasteiger partial charge on any atom is -1.00 e. The van der Waals surface area contributed by atoms with Crippen molar-refractivity contribution in [3.05, 3.63) is 25.1 Å². The van der Waals surface area contributed by atoms with E-state index in [0.717, 1.165) is 0 Å². The van der Waals surface area contributed by atoms with Crippen LogP contribution in [0, 0.1) is 0 Å². The molecule has 0 saturated carbocycles. The molecule has 0 aliphatic heterocycles. The number of carbonyl (C=O) groups is 2. The Hall–Kier alpha value is 0.0500. The highest BCUT2D eigenvalue weighted by atomic mass is 79.9. The van der Waals surface area contributed by atoms with Gasteiger partial charge >= 0.3 is 5.97 Å². The van der Waals surface area contributed by atoms with Crippen molar-refractivity contribution in [2.45, 2.75) is 6.42 Å². The molecule has 0 unspecified atom stereocenters. The quantitative estimate of drug-likeness (QED) is 0.264. The number of hydrogen-bond acceptors (Lipinski definition) is 3. The Morgan fingerprint density at radius 2 is 1.41 bits per heavy atom. The van der Waals surface area contributed by atoms with Crippen molar-refractivity contribution in [1.29, 1.82) is 0 Å². The number of esters is 1. The van der Waals surface area contributed by atoms with Crippen molar-refractivity contribution >= 4 is 69.9 Å². The van der Waals surface area contributed by atoms with Gasteiger partial charge in [0, 0.05) is 6.54 Å². The molecule has 0 fully saturated rings. The van der Waals surface area contributed by atoms with Gasteiger partial charge in [0.2, 0.25) is 0 Å². The van der Waals surface area contributed by atoms with Crippen molar-refractivity contribution in [2.24, 2.45) is 0 Å². The zero-order chi connectivity index (χ0) is 16.2. The number of quaternary nitrogens is 1. The van der Waals surface area contributed by atoms with Crippen LogP contribution in [0.15, 0.2) is 0 Å². The normalized spacial score (nSPS) is 9.91. The molecule has 22 heavy (non-hydrogen) atoms. The lowest BCUT2D eigenvalue weighted by atomic mass is 10.3. The van der Waals surface area contributed by atoms with Crippen LogP contribution in [0.5, 0.6) is 5.75 Å². The second-order valence-corrected chi connectivity index (χ2v) is 5.61. The summed E-state index contributed by atoms with van der Waals surface area (Å²) < 4.78 is 5.01. The van der Waals surface area contributed by atoms with Crippen molar-refractivity contribution in [3.8, 4) is 5.75 Å². The summed E-state index contributed by atoms with van der Waals surface area (Å²) in [6, 6.07) is 0. The monoisotopic (exact) mass is 472 g/mol. The van der Waals surface area contributed by atoms with Crippen molar-refractivity contribution in [1.82, 2.24) is 5.32 Å². The largest absolute Gasteiger partial charge is 1.00 e. The second-order valence-electron chi connectivity index (χ2n) is 3.72. The van der Waals surface area contributed by atoms with Crippen molar-refractivity contribution < 1.29 is 37.0 Å². The van der Waals surface area contributed by atoms with E-state index in [1.54, 1.807) is 0 Å². The van der Waals surface area contributed by atoms with Crippen LogP contribution in [-0.4, -0.2) is 25.0 Å². The summed E-state index contributed by atoms with van der Waals surface area (Å²) in [6.07, 6.45) is -0.0870. The third kappa shape index (κ3) is 5.60. The average Bonchev–Trinajstić information content (AvgIpc) is 2.47. The minimum atomic E-state index is -0.669. The topological polar surface area (TPSA) is 83.0 Å². The Labute approximate surface area is 162 Å². The molecule has 0 bridgehead atoms. The molecule has 0 heterocycles. The lowest BCUT2D eigenvalue weighted by Crippen LogP contribution is -3.00. The third-order valence-corrected chi connectivity index (χ3v) is 4.51. The van der Waals surface area contributed by atoms with E-state index in [1.165, 1.54) is 0 Å². The van der Waals surface area contributed by atoms with Gasteiger partial charge in [-0.2, -0.15) is 0 Å². The van der Waals surface area contributed by atoms with E-state index >= 15 is 0 Å². The van der Waals surface area contributed by atoms with Gasteiger partial charge in [-0.15, -0.1) is 0 Å². The van der Waals surface area contributed by atoms with E-state index in [9.17, 15) is 9.59 Å². The highest BCUT2D eigenvalue weighted by molar-refractivity contribution is 6.55. The van der Waals surface area contributed by atoms with Crippen LogP contribution >= 0.6 is 58.0 Å². The average molecular weight is 475 g/mol. The molecule has 0 atom stereocenters. The number of amides is 1. The van der Waals surface area contributed by atoms with Gasteiger partial charge in [-0.25, -0.2) is 0 Å². The SMILES string of the molecule is [Br-].[NH3+]CC(=O)NCCC(=O)Oc1c(Cl)c(Cl)c(Cl)c(Cl)c1Cl. The van der Waals surface area contributed by atoms with Crippen molar-refractivity contribution in [3.63, 3.8) is 0 Å². The Morgan fingerprint density at radius 3 is 1.86 bits per heavy atom. The summed E-state index contributed by atoms with van der Waals surface area (Å²) in [4.78, 5) is 22.6. The fourth-order valence-corrected chi connectivity index (χ4v) is 2.43. The summed E-state index contributed by atoms with van der Waals surface area (Å²) in [5.41, 5.74) is 3.40. The van der Waals surface area contributed by atoms with Crippen LogP contribution in [0.1, 0.15) is 6.42 Å². The van der Waals surface area contributed by atoms with Gasteiger partial charge in [-0.1, -0.05) is 58.0 Å². The van der Waals surface area contributed by atoms with Gasteiger partial charge in [0.15, 0.2) is 12.3 Å². The van der Waals surface area contributed by atoms with Gasteiger partial charge in [0.1, 0.15) is 10.0 Å². The molecule has 0 aliphatic carbocycles. The Morgan fingerprint density at radius 1 is 0.955 bits per heavy atom. The van der Waals surface area contributed by atoms with Gasteiger partial charge in [0.25, 0.3) is 5.91 Å². The Balaban J connectivity index is 0.00000441. The highest BCUT2D eigenvalue weighted by Crippen LogP contribution is 2.48. The summed E-state index contributed by atoms with van der Waals surface area (Å²) in [5.74, 6) is -1.12. The van der Waals surface area contributed by atoms with Crippen LogP contribution in [0.3, 0.4) is 0 Å². The molecule has 5 nitrogen and oxygen atoms in total. The maximum atomic E-state index is 11.7. The van der Waals surface area contributed by atoms with E-state index in [0.29, 0.717) is 0 Å². The standard InChI is InChI=1S/C11H9Cl5N2O3.BrH/c12-6-7(13)9(15)11(10(16)8(6)14)21-5(20)1-2-18-4(19)3-17;/h1-3,17H2,(H,18,19);1H. The fourth-order valence-electron chi connectivity index (χ4n) is 1.23. The molecule has 124 valence electrons. The summed E-state index contributed by atoms with van der Waals surface area (Å²) in [7, 11) is 0. The van der Waals surface area contributed by atoms with Gasteiger partial charge in [-0.3, -0.25) is 9.59 Å². The molecule has 0 saturated heterocycles. The predicted molar refractivity (Wildman–Crippen MR) is 82.5 cm³/mol. The first-order chi connectivity index (χ1) is 9.79. The molecule has 1 amide bonds. The molecule has 0 aromatic heterocycles. The lowest BCUT2D eigenvalue weighted by Gasteiger charge is -2.12. The highest BCUT2D eigenvalue weighted by Gasteiger charge is 2.22. The number of hydrogen-bond donors (Lipinski definition) is 2. The smallest absolute Gasteiger partial charge is 0.313 e. The number of carbonyl (C=O) groups excluding carboxylic acids is 2. The van der Waals surface area contributed by atoms with Gasteiger partial charge < -0.3 is 32.8 Å². The van der Waals surface area contributed by atoms with E-state index < -0.39 is 5.97 Å². The molecule has 1 aromatic rings. The molecule has 4 N–H and O–H groups in total. The molecule has 11 heteroatoms. The fraction of sp³-hybridized carbons (Fsp3) is 0.273. The third-order valence-electron chi connectivity index (χ3n) is 2.26. The molecule has 1 aromatic carbocycles. The van der Waals surface area contributed by atoms with Crippen LogP contribution < -0.4 is 32.8 Å². The van der Waals surface area contributed by atoms with E-state index in [4.69, 9.17) is 62.7 Å². The van der Waals surface area contributed by atoms with Gasteiger partial charge in [-0.05, 0) is 0 Å². The van der Waals surface area contributed by atoms with E-state index in [2.05, 4.69) is 11.1 Å². The molecular formula is C11H10BrCl5N2O3. The first-order valence-electron chi connectivity index (χ1n) is 5.57. The number of rotatable bonds is 5. The molecule has 0 spiro atoms. The maximum absolute atomic E-state index is 11.7. The Kier molecular flexibility index (Phi) is 10.1.